The fourth-order valence-corrected chi connectivity index (χ4v) is 0.925. The molecule has 0 aliphatic rings. The standard InChI is InChI=1S/C6H10N3O2.CH4O4S/c1-5-7(2)4-6(8(5)3)9(10)11;1-5-6(2,3)4/h4H,1-3H3;1H3,(H,2,3,4)/q+1;/p-1. The van der Waals surface area contributed by atoms with Crippen molar-refractivity contribution in [1.29, 1.82) is 0 Å². The third-order valence-corrected chi connectivity index (χ3v) is 2.45. The van der Waals surface area contributed by atoms with Gasteiger partial charge in [0, 0.05) is 6.92 Å². The van der Waals surface area contributed by atoms with Crippen LogP contribution in [0.25, 0.3) is 0 Å². The highest BCUT2D eigenvalue weighted by atomic mass is 32.3. The molecule has 98 valence electrons. The molecule has 1 heterocycles. The lowest BCUT2D eigenvalue weighted by Crippen LogP contribution is -2.29. The minimum Gasteiger partial charge on any atom is -0.726 e. The molecule has 0 saturated carbocycles. The molecule has 0 N–H and O–H groups in total. The molecule has 1 aromatic heterocycles. The zero-order valence-corrected chi connectivity index (χ0v) is 10.6. The van der Waals surface area contributed by atoms with E-state index in [2.05, 4.69) is 4.18 Å². The van der Waals surface area contributed by atoms with Crippen LogP contribution in [0, 0.1) is 17.0 Å². The second-order valence-electron chi connectivity index (χ2n) is 3.04. The van der Waals surface area contributed by atoms with Crippen LogP contribution < -0.4 is 4.57 Å². The van der Waals surface area contributed by atoms with Gasteiger partial charge in [0.2, 0.25) is 10.4 Å². The topological polar surface area (TPSA) is 118 Å². The van der Waals surface area contributed by atoms with Gasteiger partial charge >= 0.3 is 5.82 Å². The van der Waals surface area contributed by atoms with Gasteiger partial charge in [-0.05, 0) is 4.92 Å². The summed E-state index contributed by atoms with van der Waals surface area (Å²) in [5, 5.41) is 10.4. The van der Waals surface area contributed by atoms with E-state index in [0.29, 0.717) is 0 Å². The molecule has 0 fully saturated rings. The van der Waals surface area contributed by atoms with Crippen molar-refractivity contribution in [3.8, 4) is 0 Å². The fourth-order valence-electron chi connectivity index (χ4n) is 0.925. The van der Waals surface area contributed by atoms with E-state index in [1.807, 2.05) is 6.92 Å². The van der Waals surface area contributed by atoms with E-state index in [1.54, 1.807) is 23.2 Å². The Morgan fingerprint density at radius 2 is 1.94 bits per heavy atom. The lowest BCUT2D eigenvalue weighted by molar-refractivity contribution is -0.678. The Morgan fingerprint density at radius 1 is 1.53 bits per heavy atom. The van der Waals surface area contributed by atoms with Crippen molar-refractivity contribution < 1.29 is 26.6 Å². The molecule has 0 aliphatic heterocycles. The van der Waals surface area contributed by atoms with Crippen molar-refractivity contribution >= 4 is 16.2 Å². The summed E-state index contributed by atoms with van der Waals surface area (Å²) in [6.07, 6.45) is 1.50. The molecule has 0 atom stereocenters. The lowest BCUT2D eigenvalue weighted by atomic mass is 10.7. The lowest BCUT2D eigenvalue weighted by Gasteiger charge is -1.98. The highest BCUT2D eigenvalue weighted by Gasteiger charge is 2.17. The van der Waals surface area contributed by atoms with Crippen LogP contribution in [0.2, 0.25) is 0 Å². The summed E-state index contributed by atoms with van der Waals surface area (Å²) in [6, 6.07) is 0. The maximum Gasteiger partial charge on any atom is 0.365 e. The molecule has 0 radical (unpaired) electrons. The number of hydrogen-bond acceptors (Lipinski definition) is 6. The average molecular weight is 267 g/mol. The van der Waals surface area contributed by atoms with Gasteiger partial charge in [-0.1, -0.05) is 0 Å². The molecule has 1 rings (SSSR count). The Bertz CT molecular complexity index is 506. The Kier molecular flexibility index (Phi) is 5.19. The third-order valence-electron chi connectivity index (χ3n) is 2.04. The Labute approximate surface area is 98.3 Å². The second-order valence-corrected chi connectivity index (χ2v) is 4.19. The Balaban J connectivity index is 0.000000366. The van der Waals surface area contributed by atoms with Crippen molar-refractivity contribution in [2.75, 3.05) is 7.11 Å². The van der Waals surface area contributed by atoms with Gasteiger partial charge in [0.05, 0.1) is 21.2 Å². The SMILES string of the molecule is COS(=O)(=O)[O-].Cc1n(C)c([N+](=O)[O-])c[n+]1C. The third kappa shape index (κ3) is 4.89. The number of nitrogens with zero attached hydrogens (tertiary/aromatic N) is 3. The van der Waals surface area contributed by atoms with Crippen LogP contribution in [0.4, 0.5) is 5.82 Å². The van der Waals surface area contributed by atoms with E-state index >= 15 is 0 Å². The second kappa shape index (κ2) is 5.70. The molecule has 9 nitrogen and oxygen atoms in total. The van der Waals surface area contributed by atoms with Gasteiger partial charge in [0.1, 0.15) is 0 Å². The monoisotopic (exact) mass is 267 g/mol. The number of imidazole rings is 1. The van der Waals surface area contributed by atoms with Crippen molar-refractivity contribution in [1.82, 2.24) is 4.57 Å². The summed E-state index contributed by atoms with van der Waals surface area (Å²) in [5.41, 5.74) is 0. The summed E-state index contributed by atoms with van der Waals surface area (Å²) in [4.78, 5) is 9.96. The maximum absolute atomic E-state index is 10.4. The van der Waals surface area contributed by atoms with Crippen LogP contribution in [0.15, 0.2) is 6.20 Å². The number of nitro groups is 1. The predicted molar refractivity (Wildman–Crippen MR) is 54.7 cm³/mol. The molecule has 0 saturated heterocycles. The van der Waals surface area contributed by atoms with E-state index in [0.717, 1.165) is 12.9 Å². The molecule has 0 spiro atoms. The molecule has 0 aromatic carbocycles. The van der Waals surface area contributed by atoms with Crippen molar-refractivity contribution in [3.05, 3.63) is 22.1 Å². The highest BCUT2D eigenvalue weighted by Crippen LogP contribution is 2.07. The first-order chi connectivity index (χ1) is 7.60. The molecular formula is C7H13N3O6S. The van der Waals surface area contributed by atoms with Gasteiger partial charge in [0.15, 0.2) is 6.20 Å². The minimum atomic E-state index is -4.41. The summed E-state index contributed by atoms with van der Waals surface area (Å²) in [6.45, 7) is 1.83. The number of aryl methyl sites for hydroxylation is 1. The van der Waals surface area contributed by atoms with Gasteiger partial charge in [-0.3, -0.25) is 4.18 Å². The Hall–Kier alpha value is -1.52. The largest absolute Gasteiger partial charge is 0.726 e. The zero-order valence-electron chi connectivity index (χ0n) is 9.78. The zero-order chi connectivity index (χ0) is 13.8. The van der Waals surface area contributed by atoms with E-state index in [-0.39, 0.29) is 5.82 Å². The average Bonchev–Trinajstić information content (AvgIpc) is 2.46. The maximum atomic E-state index is 10.4. The van der Waals surface area contributed by atoms with Crippen LogP contribution in [0.5, 0.6) is 0 Å². The van der Waals surface area contributed by atoms with Gasteiger partial charge < -0.3 is 14.7 Å². The Morgan fingerprint density at radius 3 is 2.06 bits per heavy atom. The van der Waals surface area contributed by atoms with Crippen LogP contribution in [0.1, 0.15) is 5.82 Å². The van der Waals surface area contributed by atoms with Crippen LogP contribution in [-0.2, 0) is 28.7 Å². The molecule has 0 bridgehead atoms. The van der Waals surface area contributed by atoms with Gasteiger partial charge in [0.25, 0.3) is 5.82 Å². The summed E-state index contributed by atoms with van der Waals surface area (Å²) >= 11 is 0. The van der Waals surface area contributed by atoms with Gasteiger partial charge in [-0.25, -0.2) is 13.0 Å². The van der Waals surface area contributed by atoms with Crippen LogP contribution in [-0.4, -0.2) is 29.6 Å². The molecule has 0 amide bonds. The quantitative estimate of drug-likeness (QED) is 0.226. The molecular weight excluding hydrogens is 254 g/mol. The minimum absolute atomic E-state index is 0.116. The summed E-state index contributed by atoms with van der Waals surface area (Å²) < 4.78 is 34.3. The first-order valence-corrected chi connectivity index (χ1v) is 5.61. The molecule has 0 aliphatic carbocycles. The first kappa shape index (κ1) is 15.5. The smallest absolute Gasteiger partial charge is 0.365 e. The molecule has 1 aromatic rings. The molecule has 17 heavy (non-hydrogen) atoms. The highest BCUT2D eigenvalue weighted by molar-refractivity contribution is 7.80. The van der Waals surface area contributed by atoms with E-state index < -0.39 is 15.3 Å². The first-order valence-electron chi connectivity index (χ1n) is 4.28. The van der Waals surface area contributed by atoms with Gasteiger partial charge in [-0.15, -0.1) is 0 Å². The van der Waals surface area contributed by atoms with E-state index in [4.69, 9.17) is 0 Å². The van der Waals surface area contributed by atoms with Crippen molar-refractivity contribution in [3.63, 3.8) is 0 Å². The van der Waals surface area contributed by atoms with Crippen LogP contribution in [0.3, 0.4) is 0 Å². The molecule has 10 heteroatoms. The number of hydrogen-bond donors (Lipinski definition) is 0. The normalized spacial score (nSPS) is 10.6. The predicted octanol–water partition coefficient (Wildman–Crippen LogP) is -0.841. The van der Waals surface area contributed by atoms with Crippen LogP contribution >= 0.6 is 0 Å². The summed E-state index contributed by atoms with van der Waals surface area (Å²) in [7, 11) is -0.150. The fraction of sp³-hybridized carbons (Fsp3) is 0.571. The van der Waals surface area contributed by atoms with E-state index in [9.17, 15) is 23.1 Å². The number of rotatable bonds is 2. The van der Waals surface area contributed by atoms with Crippen molar-refractivity contribution in [2.45, 2.75) is 6.92 Å². The van der Waals surface area contributed by atoms with Gasteiger partial charge in [-0.2, -0.15) is 4.57 Å². The van der Waals surface area contributed by atoms with E-state index in [1.165, 1.54) is 6.20 Å². The van der Waals surface area contributed by atoms with Crippen molar-refractivity contribution in [2.24, 2.45) is 14.1 Å². The number of aromatic nitrogens is 2. The molecule has 0 unspecified atom stereocenters. The summed E-state index contributed by atoms with van der Waals surface area (Å²) in [5.74, 6) is 0.974.